The molecule has 0 saturated carbocycles. The van der Waals surface area contributed by atoms with Gasteiger partial charge in [0.1, 0.15) is 5.75 Å². The molecule has 0 aliphatic carbocycles. The summed E-state index contributed by atoms with van der Waals surface area (Å²) in [5.74, 6) is 0.613. The molecule has 1 aliphatic rings. The Hall–Kier alpha value is -2.49. The maximum Gasteiger partial charge on any atom is 0.419 e. The molecule has 0 fully saturated rings. The van der Waals surface area contributed by atoms with E-state index in [4.69, 9.17) is 4.74 Å². The van der Waals surface area contributed by atoms with E-state index in [9.17, 15) is 4.79 Å². The van der Waals surface area contributed by atoms with Crippen molar-refractivity contribution in [3.63, 3.8) is 0 Å². The number of ether oxygens (including phenoxy) is 1. The molecule has 4 heteroatoms. The zero-order valence-electron chi connectivity index (χ0n) is 12.2. The largest absolute Gasteiger partial charge is 0.419 e. The van der Waals surface area contributed by atoms with Gasteiger partial charge in [0.2, 0.25) is 0 Å². The van der Waals surface area contributed by atoms with Crippen molar-refractivity contribution < 1.29 is 9.53 Å². The van der Waals surface area contributed by atoms with E-state index >= 15 is 0 Å². The number of carbonyl (C=O) groups excluding carboxylic acids is 1. The van der Waals surface area contributed by atoms with E-state index in [1.165, 1.54) is 0 Å². The first-order valence-electron chi connectivity index (χ1n) is 7.04. The number of para-hydroxylation sites is 2. The van der Waals surface area contributed by atoms with Gasteiger partial charge < -0.3 is 10.1 Å². The molecule has 1 N–H and O–H groups in total. The third-order valence-corrected chi connectivity index (χ3v) is 3.59. The van der Waals surface area contributed by atoms with Gasteiger partial charge in [-0.3, -0.25) is 4.90 Å². The predicted molar refractivity (Wildman–Crippen MR) is 84.2 cm³/mol. The fraction of sp³-hybridized carbons (Fsp3) is 0.235. The van der Waals surface area contributed by atoms with Gasteiger partial charge in [-0.25, -0.2) is 4.79 Å². The van der Waals surface area contributed by atoms with Crippen LogP contribution in [0.15, 0.2) is 42.5 Å². The normalized spacial score (nSPS) is 13.3. The SMILES string of the molecule is Cc1ccc(OC(=O)N2CCNc3ccccc32)c(C)c1. The number of carbonyl (C=O) groups is 1. The van der Waals surface area contributed by atoms with E-state index in [0.29, 0.717) is 12.3 Å². The molecule has 21 heavy (non-hydrogen) atoms. The summed E-state index contributed by atoms with van der Waals surface area (Å²) in [5, 5.41) is 3.28. The van der Waals surface area contributed by atoms with E-state index in [1.807, 2.05) is 56.3 Å². The summed E-state index contributed by atoms with van der Waals surface area (Å²) in [6.07, 6.45) is -0.337. The number of amides is 1. The molecule has 3 rings (SSSR count). The lowest BCUT2D eigenvalue weighted by Gasteiger charge is -2.29. The second kappa shape index (κ2) is 5.48. The Bertz CT molecular complexity index is 682. The molecule has 2 aromatic carbocycles. The second-order valence-corrected chi connectivity index (χ2v) is 5.23. The molecule has 0 bridgehead atoms. The summed E-state index contributed by atoms with van der Waals surface area (Å²) in [5.41, 5.74) is 3.94. The minimum absolute atomic E-state index is 0.337. The first-order chi connectivity index (χ1) is 10.1. The number of aryl methyl sites for hydroxylation is 2. The zero-order valence-corrected chi connectivity index (χ0v) is 12.2. The van der Waals surface area contributed by atoms with Crippen molar-refractivity contribution in [2.24, 2.45) is 0 Å². The minimum Gasteiger partial charge on any atom is -0.410 e. The molecular weight excluding hydrogens is 264 g/mol. The number of rotatable bonds is 1. The van der Waals surface area contributed by atoms with Gasteiger partial charge >= 0.3 is 6.09 Å². The van der Waals surface area contributed by atoms with Crippen LogP contribution in [0, 0.1) is 13.8 Å². The van der Waals surface area contributed by atoms with Crippen LogP contribution in [0.2, 0.25) is 0 Å². The topological polar surface area (TPSA) is 41.6 Å². The van der Waals surface area contributed by atoms with Gasteiger partial charge in [-0.15, -0.1) is 0 Å². The highest BCUT2D eigenvalue weighted by Crippen LogP contribution is 2.29. The second-order valence-electron chi connectivity index (χ2n) is 5.23. The number of nitrogens with zero attached hydrogens (tertiary/aromatic N) is 1. The molecular formula is C17H18N2O2. The van der Waals surface area contributed by atoms with Crippen LogP contribution in [-0.2, 0) is 0 Å². The van der Waals surface area contributed by atoms with Crippen molar-refractivity contribution in [3.05, 3.63) is 53.6 Å². The highest BCUT2D eigenvalue weighted by Gasteiger charge is 2.23. The number of hydrogen-bond acceptors (Lipinski definition) is 3. The Morgan fingerprint density at radius 3 is 2.81 bits per heavy atom. The van der Waals surface area contributed by atoms with Crippen molar-refractivity contribution in [1.82, 2.24) is 0 Å². The standard InChI is InChI=1S/C17H18N2O2/c1-12-7-8-16(13(2)11-12)21-17(20)19-10-9-18-14-5-3-4-6-15(14)19/h3-8,11,18H,9-10H2,1-2H3. The highest BCUT2D eigenvalue weighted by atomic mass is 16.6. The molecule has 1 aliphatic heterocycles. The lowest BCUT2D eigenvalue weighted by atomic mass is 10.1. The molecule has 108 valence electrons. The van der Waals surface area contributed by atoms with E-state index in [1.54, 1.807) is 4.90 Å². The Labute approximate surface area is 124 Å². The molecule has 0 radical (unpaired) electrons. The van der Waals surface area contributed by atoms with Crippen LogP contribution >= 0.6 is 0 Å². The Morgan fingerprint density at radius 2 is 2.00 bits per heavy atom. The van der Waals surface area contributed by atoms with Gasteiger partial charge in [0.05, 0.1) is 11.4 Å². The quantitative estimate of drug-likeness (QED) is 0.866. The zero-order chi connectivity index (χ0) is 14.8. The third kappa shape index (κ3) is 2.70. The molecule has 4 nitrogen and oxygen atoms in total. The Balaban J connectivity index is 1.83. The van der Waals surface area contributed by atoms with Gasteiger partial charge in [-0.05, 0) is 37.6 Å². The Morgan fingerprint density at radius 1 is 1.19 bits per heavy atom. The van der Waals surface area contributed by atoms with Crippen LogP contribution in [0.3, 0.4) is 0 Å². The maximum atomic E-state index is 12.4. The van der Waals surface area contributed by atoms with Crippen LogP contribution in [-0.4, -0.2) is 19.2 Å². The summed E-state index contributed by atoms with van der Waals surface area (Å²) in [7, 11) is 0. The number of anilines is 2. The van der Waals surface area contributed by atoms with Crippen LogP contribution in [0.25, 0.3) is 0 Å². The van der Waals surface area contributed by atoms with Crippen molar-refractivity contribution in [1.29, 1.82) is 0 Å². The first-order valence-corrected chi connectivity index (χ1v) is 7.04. The molecule has 0 atom stereocenters. The smallest absolute Gasteiger partial charge is 0.410 e. The molecule has 2 aromatic rings. The summed E-state index contributed by atoms with van der Waals surface area (Å²) >= 11 is 0. The van der Waals surface area contributed by atoms with Crippen LogP contribution in [0.5, 0.6) is 5.75 Å². The monoisotopic (exact) mass is 282 g/mol. The van der Waals surface area contributed by atoms with E-state index in [2.05, 4.69) is 5.32 Å². The summed E-state index contributed by atoms with van der Waals surface area (Å²) in [6.45, 7) is 5.28. The molecule has 0 spiro atoms. The lowest BCUT2D eigenvalue weighted by molar-refractivity contribution is 0.207. The van der Waals surface area contributed by atoms with Crippen LogP contribution in [0.1, 0.15) is 11.1 Å². The van der Waals surface area contributed by atoms with E-state index in [0.717, 1.165) is 29.0 Å². The van der Waals surface area contributed by atoms with E-state index in [-0.39, 0.29) is 6.09 Å². The maximum absolute atomic E-state index is 12.4. The number of nitrogens with one attached hydrogen (secondary N) is 1. The van der Waals surface area contributed by atoms with Crippen molar-refractivity contribution in [3.8, 4) is 5.75 Å². The summed E-state index contributed by atoms with van der Waals surface area (Å²) in [6, 6.07) is 13.6. The first kappa shape index (κ1) is 13.5. The summed E-state index contributed by atoms with van der Waals surface area (Å²) in [4.78, 5) is 14.1. The lowest BCUT2D eigenvalue weighted by Crippen LogP contribution is -2.40. The molecule has 0 unspecified atom stereocenters. The highest BCUT2D eigenvalue weighted by molar-refractivity contribution is 5.94. The number of benzene rings is 2. The van der Waals surface area contributed by atoms with Gasteiger partial charge in [-0.1, -0.05) is 29.8 Å². The molecule has 0 aromatic heterocycles. The molecule has 1 amide bonds. The summed E-state index contributed by atoms with van der Waals surface area (Å²) < 4.78 is 5.56. The van der Waals surface area contributed by atoms with Gasteiger partial charge in [0.15, 0.2) is 0 Å². The number of fused-ring (bicyclic) bond motifs is 1. The fourth-order valence-electron chi connectivity index (χ4n) is 2.53. The van der Waals surface area contributed by atoms with E-state index < -0.39 is 0 Å². The van der Waals surface area contributed by atoms with Crippen molar-refractivity contribution in [2.75, 3.05) is 23.3 Å². The van der Waals surface area contributed by atoms with Gasteiger partial charge in [0, 0.05) is 13.1 Å². The molecule has 1 heterocycles. The van der Waals surface area contributed by atoms with Gasteiger partial charge in [-0.2, -0.15) is 0 Å². The average molecular weight is 282 g/mol. The van der Waals surface area contributed by atoms with Crippen molar-refractivity contribution in [2.45, 2.75) is 13.8 Å². The fourth-order valence-corrected chi connectivity index (χ4v) is 2.53. The van der Waals surface area contributed by atoms with Gasteiger partial charge in [0.25, 0.3) is 0 Å². The molecule has 0 saturated heterocycles. The van der Waals surface area contributed by atoms with Crippen LogP contribution < -0.4 is 15.0 Å². The Kier molecular flexibility index (Phi) is 3.52. The number of hydrogen-bond donors (Lipinski definition) is 1. The predicted octanol–water partition coefficient (Wildman–Crippen LogP) is 3.73. The minimum atomic E-state index is -0.337. The average Bonchev–Trinajstić information content (AvgIpc) is 2.49. The van der Waals surface area contributed by atoms with Crippen LogP contribution in [0.4, 0.5) is 16.2 Å². The third-order valence-electron chi connectivity index (χ3n) is 3.59. The van der Waals surface area contributed by atoms with Crippen molar-refractivity contribution >= 4 is 17.5 Å².